The van der Waals surface area contributed by atoms with Gasteiger partial charge in [-0.2, -0.15) is 0 Å². The van der Waals surface area contributed by atoms with Crippen LogP contribution in [-0.4, -0.2) is 23.9 Å². The number of hydrogen-bond donors (Lipinski definition) is 0. The Morgan fingerprint density at radius 3 is 0.600 bits per heavy atom. The zero-order valence-electron chi connectivity index (χ0n) is 12.0. The van der Waals surface area contributed by atoms with E-state index < -0.39 is 23.9 Å². The topological polar surface area (TPSA) is 161 Å². The molecule has 0 aromatic heterocycles. The van der Waals surface area contributed by atoms with Crippen molar-refractivity contribution >= 4 is 23.9 Å². The molecule has 0 heterocycles. The van der Waals surface area contributed by atoms with E-state index in [2.05, 4.69) is 13.2 Å². The number of rotatable bonds is 0. The Morgan fingerprint density at radius 1 is 0.600 bits per heavy atom. The summed E-state index contributed by atoms with van der Waals surface area (Å²) >= 11 is 0. The summed E-state index contributed by atoms with van der Waals surface area (Å²) in [5, 5.41) is 35.6. The van der Waals surface area contributed by atoms with Crippen molar-refractivity contribution in [1.29, 1.82) is 0 Å². The van der Waals surface area contributed by atoms with Crippen LogP contribution in [0.4, 0.5) is 0 Å². The van der Waals surface area contributed by atoms with Crippen molar-refractivity contribution in [3.8, 4) is 0 Å². The number of carbonyl (C=O) groups excluding carboxylic acids is 4. The SMILES string of the molecule is C=C.CC(=O)[O-].CC(=O)[O-].CC(=O)[O-].CC(=O)[O-].[Fe+3].[Na+]. The second-order valence-electron chi connectivity index (χ2n) is 1.97. The van der Waals surface area contributed by atoms with Crippen LogP contribution in [0.25, 0.3) is 0 Å². The number of aliphatic carboxylic acids is 4. The first-order valence-electron chi connectivity index (χ1n) is 4.13. The molecule has 0 amide bonds. The second kappa shape index (κ2) is 42.9. The molecule has 0 spiro atoms. The van der Waals surface area contributed by atoms with Gasteiger partial charge in [-0.15, -0.1) is 13.2 Å². The smallest absolute Gasteiger partial charge is 0.550 e. The zero-order valence-corrected chi connectivity index (χ0v) is 15.1. The molecule has 0 unspecified atom stereocenters. The number of carboxylic acid groups (broad SMARTS) is 4. The van der Waals surface area contributed by atoms with Gasteiger partial charge < -0.3 is 39.6 Å². The Labute approximate surface area is 150 Å². The van der Waals surface area contributed by atoms with Crippen LogP contribution in [0.1, 0.15) is 27.7 Å². The standard InChI is InChI=1S/4C2H4O2.C2H4.Fe.Na/c4*1-2(3)4;1-2;;/h4*1H3,(H,3,4);1-2H2;;/q;;;;;+3;+1/p-4. The fourth-order valence-electron chi connectivity index (χ4n) is 0. The van der Waals surface area contributed by atoms with Crippen LogP contribution >= 0.6 is 0 Å². The molecule has 0 aliphatic carbocycles. The van der Waals surface area contributed by atoms with Crippen molar-refractivity contribution < 1.29 is 86.2 Å². The van der Waals surface area contributed by atoms with Crippen LogP contribution in [0.15, 0.2) is 13.2 Å². The molecule has 20 heavy (non-hydrogen) atoms. The first kappa shape index (κ1) is 42.7. The quantitative estimate of drug-likeness (QED) is 0.310. The van der Waals surface area contributed by atoms with Crippen LogP contribution in [-0.2, 0) is 36.2 Å². The molecule has 10 heteroatoms. The van der Waals surface area contributed by atoms with Gasteiger partial charge in [-0.25, -0.2) is 0 Å². The van der Waals surface area contributed by atoms with Crippen molar-refractivity contribution in [3.05, 3.63) is 13.2 Å². The molecule has 8 nitrogen and oxygen atoms in total. The van der Waals surface area contributed by atoms with Crippen LogP contribution in [0, 0.1) is 0 Å². The zero-order chi connectivity index (χ0) is 16.3. The molecule has 0 aliphatic heterocycles. The van der Waals surface area contributed by atoms with E-state index in [-0.39, 0.29) is 46.6 Å². The fraction of sp³-hybridized carbons (Fsp3) is 0.400. The maximum Gasteiger partial charge on any atom is 3.00 e. The number of carboxylic acids is 4. The first-order chi connectivity index (χ1) is 7.93. The summed E-state index contributed by atoms with van der Waals surface area (Å²) in [6.45, 7) is 9.89. The van der Waals surface area contributed by atoms with Gasteiger partial charge >= 0.3 is 46.6 Å². The Morgan fingerprint density at radius 2 is 0.600 bits per heavy atom. The summed E-state index contributed by atoms with van der Waals surface area (Å²) in [5.41, 5.74) is 0. The van der Waals surface area contributed by atoms with Crippen LogP contribution in [0.3, 0.4) is 0 Å². The molecule has 1 radical (unpaired) electrons. The summed E-state index contributed by atoms with van der Waals surface area (Å²) in [7, 11) is 0. The summed E-state index contributed by atoms with van der Waals surface area (Å²) in [5.74, 6) is -4.33. The van der Waals surface area contributed by atoms with Gasteiger partial charge in [0.25, 0.3) is 0 Å². The third-order valence-electron chi connectivity index (χ3n) is 0. The third kappa shape index (κ3) is 6030. The van der Waals surface area contributed by atoms with E-state index in [1.54, 1.807) is 0 Å². The van der Waals surface area contributed by atoms with Crippen molar-refractivity contribution in [2.24, 2.45) is 0 Å². The minimum atomic E-state index is -1.08. The average molecular weight is 343 g/mol. The molecule has 0 aromatic rings. The molecule has 0 saturated heterocycles. The van der Waals surface area contributed by atoms with Gasteiger partial charge in [0.15, 0.2) is 0 Å². The normalized spacial score (nSPS) is 5.20. The summed E-state index contributed by atoms with van der Waals surface area (Å²) in [4.78, 5) is 35.6. The second-order valence-corrected chi connectivity index (χ2v) is 1.97. The van der Waals surface area contributed by atoms with E-state index in [1.165, 1.54) is 0 Å². The van der Waals surface area contributed by atoms with E-state index in [0.717, 1.165) is 27.7 Å². The van der Waals surface area contributed by atoms with Gasteiger partial charge in [-0.3, -0.25) is 0 Å². The molecule has 0 rings (SSSR count). The minimum Gasteiger partial charge on any atom is -0.550 e. The Hall–Kier alpha value is -0.861. The van der Waals surface area contributed by atoms with Gasteiger partial charge in [0.05, 0.1) is 0 Å². The fourth-order valence-corrected chi connectivity index (χ4v) is 0. The van der Waals surface area contributed by atoms with E-state index in [4.69, 9.17) is 39.6 Å². The van der Waals surface area contributed by atoms with Gasteiger partial charge in [0.1, 0.15) is 0 Å². The van der Waals surface area contributed by atoms with Gasteiger partial charge in [-0.1, -0.05) is 0 Å². The summed E-state index contributed by atoms with van der Waals surface area (Å²) < 4.78 is 0. The van der Waals surface area contributed by atoms with E-state index in [0.29, 0.717) is 0 Å². The van der Waals surface area contributed by atoms with E-state index in [9.17, 15) is 0 Å². The molecule has 0 bridgehead atoms. The van der Waals surface area contributed by atoms with Crippen molar-refractivity contribution in [3.63, 3.8) is 0 Å². The molecule has 0 aromatic carbocycles. The monoisotopic (exact) mass is 343 g/mol. The number of hydrogen-bond acceptors (Lipinski definition) is 8. The van der Waals surface area contributed by atoms with Gasteiger partial charge in [0.2, 0.25) is 0 Å². The van der Waals surface area contributed by atoms with Gasteiger partial charge in [-0.05, 0) is 27.7 Å². The maximum absolute atomic E-state index is 8.89. The van der Waals surface area contributed by atoms with Crippen LogP contribution in [0.5, 0.6) is 0 Å². The largest absolute Gasteiger partial charge is 3.00 e. The summed E-state index contributed by atoms with van der Waals surface area (Å²) in [6, 6.07) is 0. The van der Waals surface area contributed by atoms with Crippen LogP contribution in [0.2, 0.25) is 0 Å². The average Bonchev–Trinajstić information content (AvgIpc) is 2.01. The molecule has 0 N–H and O–H groups in total. The van der Waals surface area contributed by atoms with Crippen molar-refractivity contribution in [1.82, 2.24) is 0 Å². The van der Waals surface area contributed by atoms with Crippen LogP contribution < -0.4 is 50.0 Å². The predicted octanol–water partition coefficient (Wildman–Crippen LogP) is -7.17. The van der Waals surface area contributed by atoms with Crippen molar-refractivity contribution in [2.75, 3.05) is 0 Å². The molecule has 0 aliphatic rings. The molecular weight excluding hydrogens is 327 g/mol. The minimum absolute atomic E-state index is 0. The molecule has 0 saturated carbocycles. The Bertz CT molecular complexity index is 181. The maximum atomic E-state index is 8.89. The molecule has 113 valence electrons. The predicted molar refractivity (Wildman–Crippen MR) is 54.0 cm³/mol. The third-order valence-corrected chi connectivity index (χ3v) is 0. The Kier molecular flexibility index (Phi) is 91.8. The van der Waals surface area contributed by atoms with Crippen molar-refractivity contribution in [2.45, 2.75) is 27.7 Å². The molecular formula is C10H16FeNaO8. The first-order valence-corrected chi connectivity index (χ1v) is 4.13. The molecule has 0 atom stereocenters. The van der Waals surface area contributed by atoms with Gasteiger partial charge in [0, 0.05) is 23.9 Å². The van der Waals surface area contributed by atoms with E-state index in [1.807, 2.05) is 0 Å². The Balaban J connectivity index is -0.0000000209. The number of carbonyl (C=O) groups is 4. The molecule has 0 fully saturated rings. The van der Waals surface area contributed by atoms with E-state index >= 15 is 0 Å². The summed E-state index contributed by atoms with van der Waals surface area (Å²) in [6.07, 6.45) is 0.